The topological polar surface area (TPSA) is 20.2 Å². The van der Waals surface area contributed by atoms with Crippen LogP contribution < -0.4 is 5.30 Å². The highest BCUT2D eigenvalue weighted by Gasteiger charge is 2.04. The van der Waals surface area contributed by atoms with Gasteiger partial charge in [-0.2, -0.15) is 0 Å². The molecule has 0 radical (unpaired) electrons. The van der Waals surface area contributed by atoms with Gasteiger partial charge in [0.25, 0.3) is 0 Å². The van der Waals surface area contributed by atoms with Crippen molar-refractivity contribution >= 4 is 13.9 Å². The van der Waals surface area contributed by atoms with E-state index in [1.807, 2.05) is 6.66 Å². The highest BCUT2D eigenvalue weighted by atomic mass is 31.1. The summed E-state index contributed by atoms with van der Waals surface area (Å²) in [5.41, 5.74) is 0.823. The lowest BCUT2D eigenvalue weighted by Gasteiger charge is -2.04. The van der Waals surface area contributed by atoms with Crippen LogP contribution in [-0.2, 0) is 0 Å². The summed E-state index contributed by atoms with van der Waals surface area (Å²) in [6, 6.07) is 2.73. The molecule has 0 spiro atoms. The van der Waals surface area contributed by atoms with E-state index in [9.17, 15) is 4.39 Å². The molecule has 3 heteroatoms. The minimum Gasteiger partial charge on any atom is -0.508 e. The number of phenolic OH excluding ortho intramolecular Hbond substituents is 1. The molecule has 0 heterocycles. The summed E-state index contributed by atoms with van der Waals surface area (Å²) >= 11 is 0. The number of hydrogen-bond acceptors (Lipinski definition) is 1. The molecule has 0 saturated carbocycles. The average Bonchev–Trinajstić information content (AvgIpc) is 1.85. The van der Waals surface area contributed by atoms with Crippen LogP contribution >= 0.6 is 8.58 Å². The quantitative estimate of drug-likeness (QED) is 0.640. The van der Waals surface area contributed by atoms with Crippen LogP contribution in [0.5, 0.6) is 5.75 Å². The van der Waals surface area contributed by atoms with Gasteiger partial charge in [-0.25, -0.2) is 4.39 Å². The smallest absolute Gasteiger partial charge is 0.134 e. The SMILES string of the molecule is CPc1c(C)cc(O)cc1F. The van der Waals surface area contributed by atoms with Crippen molar-refractivity contribution in [2.75, 3.05) is 6.66 Å². The van der Waals surface area contributed by atoms with Crippen LogP contribution in [0.3, 0.4) is 0 Å². The Kier molecular flexibility index (Phi) is 2.45. The largest absolute Gasteiger partial charge is 0.508 e. The van der Waals surface area contributed by atoms with Crippen LogP contribution in [0.2, 0.25) is 0 Å². The number of phenols is 1. The fourth-order valence-electron chi connectivity index (χ4n) is 1.04. The Morgan fingerprint density at radius 1 is 1.45 bits per heavy atom. The highest BCUT2D eigenvalue weighted by molar-refractivity contribution is 7.46. The average molecular weight is 172 g/mol. The van der Waals surface area contributed by atoms with Gasteiger partial charge in [-0.05, 0) is 25.2 Å². The fourth-order valence-corrected chi connectivity index (χ4v) is 1.82. The molecule has 0 bridgehead atoms. The molecule has 1 unspecified atom stereocenters. The molecule has 1 aromatic carbocycles. The van der Waals surface area contributed by atoms with Crippen LogP contribution in [0, 0.1) is 12.7 Å². The number of benzene rings is 1. The maximum atomic E-state index is 13.0. The number of halogens is 1. The second-order valence-electron chi connectivity index (χ2n) is 2.37. The fraction of sp³-hybridized carbons (Fsp3) is 0.250. The van der Waals surface area contributed by atoms with Crippen LogP contribution in [0.4, 0.5) is 4.39 Å². The summed E-state index contributed by atoms with van der Waals surface area (Å²) in [5.74, 6) is -0.301. The zero-order chi connectivity index (χ0) is 8.43. The maximum absolute atomic E-state index is 13.0. The lowest BCUT2D eigenvalue weighted by Crippen LogP contribution is -2.04. The number of rotatable bonds is 1. The first-order chi connectivity index (χ1) is 5.15. The van der Waals surface area contributed by atoms with E-state index in [0.29, 0.717) is 13.9 Å². The van der Waals surface area contributed by atoms with Gasteiger partial charge in [-0.15, -0.1) is 0 Å². The molecule has 11 heavy (non-hydrogen) atoms. The highest BCUT2D eigenvalue weighted by Crippen LogP contribution is 2.17. The van der Waals surface area contributed by atoms with E-state index in [1.54, 1.807) is 13.0 Å². The Bertz CT molecular complexity index is 250. The van der Waals surface area contributed by atoms with Crippen molar-refractivity contribution in [2.24, 2.45) is 0 Å². The van der Waals surface area contributed by atoms with E-state index in [4.69, 9.17) is 5.11 Å². The van der Waals surface area contributed by atoms with Gasteiger partial charge in [0, 0.05) is 11.4 Å². The molecule has 0 aliphatic rings. The van der Waals surface area contributed by atoms with Gasteiger partial charge < -0.3 is 5.11 Å². The number of aryl methyl sites for hydroxylation is 1. The van der Waals surface area contributed by atoms with Gasteiger partial charge in [0.1, 0.15) is 11.6 Å². The van der Waals surface area contributed by atoms with Crippen molar-refractivity contribution in [1.82, 2.24) is 0 Å². The standard InChI is InChI=1S/C8H10FOP/c1-5-3-6(10)4-7(9)8(5)11-2/h3-4,10-11H,1-2H3. The van der Waals surface area contributed by atoms with Gasteiger partial charge >= 0.3 is 0 Å². The first-order valence-corrected chi connectivity index (χ1v) is 4.82. The maximum Gasteiger partial charge on any atom is 0.134 e. The van der Waals surface area contributed by atoms with E-state index in [0.717, 1.165) is 11.6 Å². The first-order valence-electron chi connectivity index (χ1n) is 3.32. The Morgan fingerprint density at radius 2 is 2.09 bits per heavy atom. The van der Waals surface area contributed by atoms with Crippen LogP contribution in [0.25, 0.3) is 0 Å². The van der Waals surface area contributed by atoms with Gasteiger partial charge in [0.15, 0.2) is 0 Å². The molecular weight excluding hydrogens is 162 g/mol. The summed E-state index contributed by atoms with van der Waals surface area (Å²) in [4.78, 5) is 0. The van der Waals surface area contributed by atoms with E-state index >= 15 is 0 Å². The van der Waals surface area contributed by atoms with Crippen LogP contribution in [0.15, 0.2) is 12.1 Å². The summed E-state index contributed by atoms with van der Waals surface area (Å²) in [7, 11) is 0.438. The normalized spacial score (nSPS) is 11.2. The third-order valence-corrected chi connectivity index (χ3v) is 2.66. The van der Waals surface area contributed by atoms with E-state index < -0.39 is 0 Å². The van der Waals surface area contributed by atoms with Crippen LogP contribution in [0.1, 0.15) is 5.56 Å². The molecule has 1 nitrogen and oxygen atoms in total. The second-order valence-corrected chi connectivity index (χ2v) is 3.37. The van der Waals surface area contributed by atoms with Crippen molar-refractivity contribution in [2.45, 2.75) is 6.92 Å². The Hall–Kier alpha value is -0.620. The lowest BCUT2D eigenvalue weighted by atomic mass is 10.2. The molecule has 0 aliphatic heterocycles. The zero-order valence-corrected chi connectivity index (χ0v) is 7.48. The van der Waals surface area contributed by atoms with Crippen molar-refractivity contribution in [1.29, 1.82) is 0 Å². The van der Waals surface area contributed by atoms with Crippen molar-refractivity contribution in [3.8, 4) is 5.75 Å². The molecule has 1 aromatic rings. The molecule has 0 aliphatic carbocycles. The van der Waals surface area contributed by atoms with Gasteiger partial charge in [-0.3, -0.25) is 0 Å². The van der Waals surface area contributed by atoms with Gasteiger partial charge in [-0.1, -0.05) is 8.58 Å². The molecule has 0 saturated heterocycles. The predicted octanol–water partition coefficient (Wildman–Crippen LogP) is 1.77. The monoisotopic (exact) mass is 172 g/mol. The minimum atomic E-state index is -0.302. The van der Waals surface area contributed by atoms with Crippen molar-refractivity contribution < 1.29 is 9.50 Å². The predicted molar refractivity (Wildman–Crippen MR) is 46.7 cm³/mol. The Morgan fingerprint density at radius 3 is 2.55 bits per heavy atom. The molecule has 0 amide bonds. The second kappa shape index (κ2) is 3.19. The van der Waals surface area contributed by atoms with Gasteiger partial charge in [0.05, 0.1) is 0 Å². The third kappa shape index (κ3) is 1.69. The molecule has 60 valence electrons. The number of hydrogen-bond donors (Lipinski definition) is 1. The summed E-state index contributed by atoms with van der Waals surface area (Å²) < 4.78 is 13.0. The lowest BCUT2D eigenvalue weighted by molar-refractivity contribution is 0.469. The van der Waals surface area contributed by atoms with Gasteiger partial charge in [0.2, 0.25) is 0 Å². The van der Waals surface area contributed by atoms with Crippen molar-refractivity contribution in [3.63, 3.8) is 0 Å². The summed E-state index contributed by atoms with van der Waals surface area (Å²) in [6.45, 7) is 3.72. The summed E-state index contributed by atoms with van der Waals surface area (Å²) in [6.07, 6.45) is 0. The van der Waals surface area contributed by atoms with Crippen LogP contribution in [-0.4, -0.2) is 11.8 Å². The molecule has 0 fully saturated rings. The molecule has 1 rings (SSSR count). The number of aromatic hydroxyl groups is 1. The van der Waals surface area contributed by atoms with E-state index in [2.05, 4.69) is 0 Å². The Balaban J connectivity index is 3.25. The molecular formula is C8H10FOP. The Labute approximate surface area is 67.0 Å². The molecule has 1 atom stereocenters. The summed E-state index contributed by atoms with van der Waals surface area (Å²) in [5, 5.41) is 9.69. The first kappa shape index (κ1) is 8.48. The van der Waals surface area contributed by atoms with E-state index in [-0.39, 0.29) is 11.6 Å². The minimum absolute atomic E-state index is 0.00185. The zero-order valence-electron chi connectivity index (χ0n) is 6.48. The third-order valence-electron chi connectivity index (χ3n) is 1.52. The molecule has 0 aromatic heterocycles. The van der Waals surface area contributed by atoms with E-state index in [1.165, 1.54) is 0 Å². The van der Waals surface area contributed by atoms with Crippen molar-refractivity contribution in [3.05, 3.63) is 23.5 Å². The molecule has 1 N–H and O–H groups in total.